The van der Waals surface area contributed by atoms with E-state index in [4.69, 9.17) is 4.74 Å². The molecule has 0 aromatic rings. The average molecular weight is 228 g/mol. The van der Waals surface area contributed by atoms with Crippen molar-refractivity contribution in [3.05, 3.63) is 0 Å². The third-order valence-corrected chi connectivity index (χ3v) is 4.11. The molecule has 0 radical (unpaired) electrons. The van der Waals surface area contributed by atoms with E-state index in [1.165, 1.54) is 6.42 Å². The summed E-state index contributed by atoms with van der Waals surface area (Å²) in [5.41, 5.74) is 0.249. The second-order valence-electron chi connectivity index (χ2n) is 5.37. The van der Waals surface area contributed by atoms with Crippen molar-refractivity contribution < 1.29 is 4.74 Å². The van der Waals surface area contributed by atoms with Crippen molar-refractivity contribution in [1.29, 1.82) is 0 Å². The van der Waals surface area contributed by atoms with Crippen LogP contribution in [0.2, 0.25) is 0 Å². The first kappa shape index (κ1) is 13.9. The van der Waals surface area contributed by atoms with Crippen molar-refractivity contribution in [1.82, 2.24) is 10.2 Å². The molecule has 0 saturated carbocycles. The van der Waals surface area contributed by atoms with E-state index in [1.807, 2.05) is 0 Å². The van der Waals surface area contributed by atoms with Crippen molar-refractivity contribution >= 4 is 0 Å². The van der Waals surface area contributed by atoms with E-state index in [-0.39, 0.29) is 5.54 Å². The van der Waals surface area contributed by atoms with E-state index < -0.39 is 0 Å². The fourth-order valence-corrected chi connectivity index (χ4v) is 2.30. The smallest absolute Gasteiger partial charge is 0.0637 e. The maximum atomic E-state index is 5.64. The molecule has 0 amide bonds. The Hall–Kier alpha value is -0.120. The molecule has 1 saturated heterocycles. The van der Waals surface area contributed by atoms with Gasteiger partial charge in [-0.1, -0.05) is 13.8 Å². The van der Waals surface area contributed by atoms with Gasteiger partial charge in [0.1, 0.15) is 0 Å². The minimum atomic E-state index is 0.249. The topological polar surface area (TPSA) is 24.5 Å². The second-order valence-corrected chi connectivity index (χ2v) is 5.37. The molecule has 3 heteroatoms. The Morgan fingerprint density at radius 1 is 1.38 bits per heavy atom. The van der Waals surface area contributed by atoms with Crippen molar-refractivity contribution in [2.24, 2.45) is 0 Å². The van der Waals surface area contributed by atoms with Crippen LogP contribution in [0.4, 0.5) is 0 Å². The van der Waals surface area contributed by atoms with E-state index >= 15 is 0 Å². The summed E-state index contributed by atoms with van der Waals surface area (Å²) in [7, 11) is 2.23. The third kappa shape index (κ3) is 3.19. The molecule has 1 N–H and O–H groups in total. The normalized spacial score (nSPS) is 27.4. The van der Waals surface area contributed by atoms with Gasteiger partial charge in [0.15, 0.2) is 0 Å². The molecule has 3 nitrogen and oxygen atoms in total. The second kappa shape index (κ2) is 5.99. The van der Waals surface area contributed by atoms with Crippen LogP contribution in [0.1, 0.15) is 40.5 Å². The van der Waals surface area contributed by atoms with Crippen LogP contribution in [0.5, 0.6) is 0 Å². The number of ether oxygens (including phenoxy) is 1. The quantitative estimate of drug-likeness (QED) is 0.777. The third-order valence-electron chi connectivity index (χ3n) is 4.11. The van der Waals surface area contributed by atoms with Crippen LogP contribution in [0, 0.1) is 0 Å². The molecule has 1 rings (SSSR count). The Kier molecular flexibility index (Phi) is 5.22. The lowest BCUT2D eigenvalue weighted by atomic mass is 9.93. The van der Waals surface area contributed by atoms with E-state index in [9.17, 15) is 0 Å². The standard InChI is InChI=1S/C13H28N2O/c1-6-13(3,4)15(5)12-10-16-9-8-11(12)14-7-2/h11-12,14H,6-10H2,1-5H3. The summed E-state index contributed by atoms with van der Waals surface area (Å²) < 4.78 is 5.64. The Bertz CT molecular complexity index is 204. The van der Waals surface area contributed by atoms with Gasteiger partial charge in [0.25, 0.3) is 0 Å². The monoisotopic (exact) mass is 228 g/mol. The number of rotatable bonds is 5. The Morgan fingerprint density at radius 2 is 2.06 bits per heavy atom. The molecule has 1 heterocycles. The zero-order chi connectivity index (χ0) is 12.2. The maximum absolute atomic E-state index is 5.64. The molecule has 0 aromatic heterocycles. The van der Waals surface area contributed by atoms with Gasteiger partial charge in [-0.3, -0.25) is 4.90 Å². The van der Waals surface area contributed by atoms with Crippen LogP contribution >= 0.6 is 0 Å². The molecule has 0 bridgehead atoms. The molecule has 0 spiro atoms. The number of nitrogens with zero attached hydrogens (tertiary/aromatic N) is 1. The highest BCUT2D eigenvalue weighted by Gasteiger charge is 2.34. The lowest BCUT2D eigenvalue weighted by molar-refractivity contribution is -0.0287. The summed E-state index contributed by atoms with van der Waals surface area (Å²) in [4.78, 5) is 2.49. The maximum Gasteiger partial charge on any atom is 0.0637 e. The molecule has 1 aliphatic rings. The summed E-state index contributed by atoms with van der Waals surface area (Å²) in [6.07, 6.45) is 2.29. The van der Waals surface area contributed by atoms with Crippen LogP contribution in [-0.4, -0.2) is 49.3 Å². The predicted molar refractivity (Wildman–Crippen MR) is 68.8 cm³/mol. The lowest BCUT2D eigenvalue weighted by Crippen LogP contribution is -2.59. The van der Waals surface area contributed by atoms with Gasteiger partial charge in [-0.2, -0.15) is 0 Å². The van der Waals surface area contributed by atoms with Gasteiger partial charge in [0, 0.05) is 24.2 Å². The van der Waals surface area contributed by atoms with Gasteiger partial charge in [-0.05, 0) is 40.3 Å². The van der Waals surface area contributed by atoms with Crippen LogP contribution in [-0.2, 0) is 4.74 Å². The molecule has 2 unspecified atom stereocenters. The highest BCUT2D eigenvalue weighted by Crippen LogP contribution is 2.23. The summed E-state index contributed by atoms with van der Waals surface area (Å²) in [6, 6.07) is 1.08. The van der Waals surface area contributed by atoms with Crippen LogP contribution in [0.15, 0.2) is 0 Å². The van der Waals surface area contributed by atoms with E-state index in [1.54, 1.807) is 0 Å². The average Bonchev–Trinajstić information content (AvgIpc) is 2.29. The Morgan fingerprint density at radius 3 is 2.62 bits per heavy atom. The van der Waals surface area contributed by atoms with Crippen LogP contribution in [0.3, 0.4) is 0 Å². The molecule has 1 fully saturated rings. The van der Waals surface area contributed by atoms with E-state index in [0.29, 0.717) is 12.1 Å². The molecule has 0 aromatic carbocycles. The summed E-state index contributed by atoms with van der Waals surface area (Å²) in [6.45, 7) is 11.9. The van der Waals surface area contributed by atoms with Gasteiger partial charge in [0.2, 0.25) is 0 Å². The van der Waals surface area contributed by atoms with Crippen LogP contribution in [0.25, 0.3) is 0 Å². The highest BCUT2D eigenvalue weighted by molar-refractivity contribution is 4.91. The zero-order valence-corrected chi connectivity index (χ0v) is 11.5. The number of nitrogens with one attached hydrogen (secondary N) is 1. The minimum Gasteiger partial charge on any atom is -0.380 e. The Labute approximate surface area is 101 Å². The van der Waals surface area contributed by atoms with Crippen molar-refractivity contribution in [2.75, 3.05) is 26.8 Å². The number of hydrogen-bond donors (Lipinski definition) is 1. The first-order valence-electron chi connectivity index (χ1n) is 6.57. The minimum absolute atomic E-state index is 0.249. The molecule has 0 aliphatic carbocycles. The molecule has 16 heavy (non-hydrogen) atoms. The molecule has 96 valence electrons. The van der Waals surface area contributed by atoms with Crippen molar-refractivity contribution in [2.45, 2.75) is 58.2 Å². The largest absolute Gasteiger partial charge is 0.380 e. The van der Waals surface area contributed by atoms with E-state index in [2.05, 4.69) is 45.0 Å². The zero-order valence-electron chi connectivity index (χ0n) is 11.5. The van der Waals surface area contributed by atoms with Gasteiger partial charge in [0.05, 0.1) is 6.61 Å². The number of hydrogen-bond acceptors (Lipinski definition) is 3. The van der Waals surface area contributed by atoms with Crippen molar-refractivity contribution in [3.8, 4) is 0 Å². The molecular formula is C13H28N2O. The van der Waals surface area contributed by atoms with Gasteiger partial charge < -0.3 is 10.1 Å². The summed E-state index contributed by atoms with van der Waals surface area (Å²) in [5, 5.41) is 3.59. The van der Waals surface area contributed by atoms with Gasteiger partial charge in [-0.15, -0.1) is 0 Å². The van der Waals surface area contributed by atoms with Crippen molar-refractivity contribution in [3.63, 3.8) is 0 Å². The first-order valence-corrected chi connectivity index (χ1v) is 6.57. The van der Waals surface area contributed by atoms with Gasteiger partial charge >= 0.3 is 0 Å². The first-order chi connectivity index (χ1) is 7.53. The molecule has 1 aliphatic heterocycles. The summed E-state index contributed by atoms with van der Waals surface area (Å²) >= 11 is 0. The van der Waals surface area contributed by atoms with Gasteiger partial charge in [-0.25, -0.2) is 0 Å². The lowest BCUT2D eigenvalue weighted by Gasteiger charge is -2.45. The molecule has 2 atom stereocenters. The predicted octanol–water partition coefficient (Wildman–Crippen LogP) is 1.87. The fraction of sp³-hybridized carbons (Fsp3) is 1.00. The summed E-state index contributed by atoms with van der Waals surface area (Å²) in [5.74, 6) is 0. The van der Waals surface area contributed by atoms with E-state index in [0.717, 1.165) is 26.2 Å². The highest BCUT2D eigenvalue weighted by atomic mass is 16.5. The SMILES string of the molecule is CCNC1CCOCC1N(C)C(C)(C)CC. The number of likely N-dealkylation sites (N-methyl/N-ethyl adjacent to an activating group) is 2. The fourth-order valence-electron chi connectivity index (χ4n) is 2.30. The Balaban J connectivity index is 2.66. The van der Waals surface area contributed by atoms with Crippen LogP contribution < -0.4 is 5.32 Å². The molecular weight excluding hydrogens is 200 g/mol.